The first kappa shape index (κ1) is 20.9. The molecule has 0 aliphatic carbocycles. The molecular formula is C24H30O2S2. The number of hydrogen-bond acceptors (Lipinski definition) is 4. The Balaban J connectivity index is 1.98. The standard InChI is InChI=1S/C24H30O2S2/c1-17(2)9-11-25-21-15-20(24-8-6-14-28-24)22(26-12-10-18(3)4)16-19(21)23-7-5-13-27-23/h5-8,13-18H,9-12H2,1-4H3. The van der Waals surface area contributed by atoms with Crippen LogP contribution >= 0.6 is 22.7 Å². The number of thiophene rings is 2. The van der Waals surface area contributed by atoms with Gasteiger partial charge in [-0.3, -0.25) is 0 Å². The quantitative estimate of drug-likeness (QED) is 0.334. The molecule has 1 aromatic carbocycles. The van der Waals surface area contributed by atoms with E-state index in [0.717, 1.165) is 48.7 Å². The Kier molecular flexibility index (Phi) is 7.57. The maximum Gasteiger partial charge on any atom is 0.128 e. The number of rotatable bonds is 10. The molecule has 3 aromatic rings. The maximum atomic E-state index is 6.26. The van der Waals surface area contributed by atoms with Crippen molar-refractivity contribution in [1.82, 2.24) is 0 Å². The van der Waals surface area contributed by atoms with Gasteiger partial charge in [0.1, 0.15) is 11.5 Å². The van der Waals surface area contributed by atoms with Crippen molar-refractivity contribution < 1.29 is 9.47 Å². The normalized spacial score (nSPS) is 11.4. The minimum Gasteiger partial charge on any atom is -0.493 e. The Hall–Kier alpha value is -1.78. The third-order valence-corrected chi connectivity index (χ3v) is 6.37. The van der Waals surface area contributed by atoms with Crippen molar-refractivity contribution in [1.29, 1.82) is 0 Å². The average Bonchev–Trinajstić information content (AvgIpc) is 3.35. The van der Waals surface area contributed by atoms with E-state index in [-0.39, 0.29) is 0 Å². The van der Waals surface area contributed by atoms with Gasteiger partial charge in [0.2, 0.25) is 0 Å². The van der Waals surface area contributed by atoms with Crippen molar-refractivity contribution in [2.45, 2.75) is 40.5 Å². The molecule has 0 aliphatic rings. The highest BCUT2D eigenvalue weighted by Gasteiger charge is 2.17. The van der Waals surface area contributed by atoms with Crippen molar-refractivity contribution in [2.24, 2.45) is 11.8 Å². The second-order valence-corrected chi connectivity index (χ2v) is 9.76. The molecule has 0 atom stereocenters. The van der Waals surface area contributed by atoms with Crippen LogP contribution in [0.3, 0.4) is 0 Å². The van der Waals surface area contributed by atoms with E-state index in [4.69, 9.17) is 9.47 Å². The van der Waals surface area contributed by atoms with Crippen LogP contribution in [-0.4, -0.2) is 13.2 Å². The fourth-order valence-electron chi connectivity index (χ4n) is 2.86. The molecule has 0 radical (unpaired) electrons. The van der Waals surface area contributed by atoms with Gasteiger partial charge < -0.3 is 9.47 Å². The van der Waals surface area contributed by atoms with Crippen molar-refractivity contribution in [2.75, 3.05) is 13.2 Å². The van der Waals surface area contributed by atoms with Crippen molar-refractivity contribution in [3.63, 3.8) is 0 Å². The van der Waals surface area contributed by atoms with Gasteiger partial charge in [0.25, 0.3) is 0 Å². The Labute approximate surface area is 177 Å². The molecule has 0 N–H and O–H groups in total. The largest absolute Gasteiger partial charge is 0.493 e. The van der Waals surface area contributed by atoms with Gasteiger partial charge in [-0.05, 0) is 59.7 Å². The summed E-state index contributed by atoms with van der Waals surface area (Å²) in [6, 6.07) is 12.8. The highest BCUT2D eigenvalue weighted by Crippen LogP contribution is 2.43. The van der Waals surface area contributed by atoms with Gasteiger partial charge in [0, 0.05) is 20.9 Å². The van der Waals surface area contributed by atoms with Crippen LogP contribution in [0.2, 0.25) is 0 Å². The van der Waals surface area contributed by atoms with Crippen LogP contribution in [0.25, 0.3) is 20.9 Å². The summed E-state index contributed by atoms with van der Waals surface area (Å²) in [6.45, 7) is 10.4. The summed E-state index contributed by atoms with van der Waals surface area (Å²) in [4.78, 5) is 2.43. The van der Waals surface area contributed by atoms with E-state index < -0.39 is 0 Å². The first-order chi connectivity index (χ1) is 13.5. The number of hydrogen-bond donors (Lipinski definition) is 0. The molecule has 0 bridgehead atoms. The molecular weight excluding hydrogens is 384 g/mol. The smallest absolute Gasteiger partial charge is 0.128 e. The Morgan fingerprint density at radius 3 is 1.46 bits per heavy atom. The molecule has 0 spiro atoms. The zero-order chi connectivity index (χ0) is 19.9. The van der Waals surface area contributed by atoms with Crippen molar-refractivity contribution in [3.8, 4) is 32.4 Å². The fourth-order valence-corrected chi connectivity index (χ4v) is 4.35. The van der Waals surface area contributed by atoms with Gasteiger partial charge >= 0.3 is 0 Å². The number of benzene rings is 1. The fraction of sp³-hybridized carbons (Fsp3) is 0.417. The van der Waals surface area contributed by atoms with Crippen molar-refractivity contribution in [3.05, 3.63) is 47.2 Å². The molecule has 2 aromatic heterocycles. The van der Waals surface area contributed by atoms with E-state index in [1.807, 2.05) is 0 Å². The lowest BCUT2D eigenvalue weighted by Gasteiger charge is -2.18. The zero-order valence-electron chi connectivity index (χ0n) is 17.2. The summed E-state index contributed by atoms with van der Waals surface area (Å²) in [5.74, 6) is 3.15. The third-order valence-electron chi connectivity index (χ3n) is 4.56. The minimum absolute atomic E-state index is 0.626. The molecule has 0 saturated heterocycles. The molecule has 2 heterocycles. The third kappa shape index (κ3) is 5.62. The van der Waals surface area contributed by atoms with Gasteiger partial charge in [-0.15, -0.1) is 22.7 Å². The molecule has 2 nitrogen and oxygen atoms in total. The Morgan fingerprint density at radius 2 is 1.14 bits per heavy atom. The Bertz CT molecular complexity index is 762. The molecule has 0 fully saturated rings. The predicted octanol–water partition coefficient (Wildman–Crippen LogP) is 7.99. The van der Waals surface area contributed by atoms with Crippen LogP contribution in [-0.2, 0) is 0 Å². The van der Waals surface area contributed by atoms with E-state index in [1.165, 1.54) is 9.75 Å². The first-order valence-electron chi connectivity index (χ1n) is 10.1. The first-order valence-corrected chi connectivity index (χ1v) is 11.8. The summed E-state index contributed by atoms with van der Waals surface area (Å²) in [6.07, 6.45) is 2.09. The van der Waals surface area contributed by atoms with Gasteiger partial charge in [-0.1, -0.05) is 39.8 Å². The van der Waals surface area contributed by atoms with Crippen molar-refractivity contribution >= 4 is 22.7 Å². The summed E-state index contributed by atoms with van der Waals surface area (Å²) in [7, 11) is 0. The van der Waals surface area contributed by atoms with Crippen LogP contribution in [0.5, 0.6) is 11.5 Å². The second kappa shape index (κ2) is 10.1. The van der Waals surface area contributed by atoms with E-state index >= 15 is 0 Å². The van der Waals surface area contributed by atoms with Crippen LogP contribution in [0.15, 0.2) is 47.2 Å². The van der Waals surface area contributed by atoms with Gasteiger partial charge in [-0.2, -0.15) is 0 Å². The molecule has 0 unspecified atom stereocenters. The van der Waals surface area contributed by atoms with Gasteiger partial charge in [-0.25, -0.2) is 0 Å². The highest BCUT2D eigenvalue weighted by molar-refractivity contribution is 7.14. The average molecular weight is 415 g/mol. The summed E-state index contributed by atoms with van der Waals surface area (Å²) in [5.41, 5.74) is 2.25. The molecule has 0 amide bonds. The minimum atomic E-state index is 0.626. The van der Waals surface area contributed by atoms with Crippen LogP contribution in [0.1, 0.15) is 40.5 Å². The molecule has 0 saturated carbocycles. The lowest BCUT2D eigenvalue weighted by Crippen LogP contribution is -2.05. The SMILES string of the molecule is CC(C)CCOc1cc(-c2cccs2)c(OCCC(C)C)cc1-c1cccs1. The molecule has 28 heavy (non-hydrogen) atoms. The van der Waals surface area contributed by atoms with Crippen LogP contribution < -0.4 is 9.47 Å². The lowest BCUT2D eigenvalue weighted by atomic mass is 10.1. The topological polar surface area (TPSA) is 18.5 Å². The lowest BCUT2D eigenvalue weighted by molar-refractivity contribution is 0.284. The summed E-state index contributed by atoms with van der Waals surface area (Å²) < 4.78 is 12.5. The molecule has 4 heteroatoms. The molecule has 0 aliphatic heterocycles. The highest BCUT2D eigenvalue weighted by atomic mass is 32.1. The monoisotopic (exact) mass is 414 g/mol. The van der Waals surface area contributed by atoms with E-state index in [0.29, 0.717) is 11.8 Å². The summed E-state index contributed by atoms with van der Waals surface area (Å²) in [5, 5.41) is 4.22. The summed E-state index contributed by atoms with van der Waals surface area (Å²) >= 11 is 3.48. The van der Waals surface area contributed by atoms with Crippen LogP contribution in [0.4, 0.5) is 0 Å². The zero-order valence-corrected chi connectivity index (χ0v) is 18.9. The molecule has 150 valence electrons. The number of ether oxygens (including phenoxy) is 2. The maximum absolute atomic E-state index is 6.26. The van der Waals surface area contributed by atoms with Gasteiger partial charge in [0.05, 0.1) is 13.2 Å². The van der Waals surface area contributed by atoms with E-state index in [2.05, 4.69) is 74.9 Å². The molecule has 3 rings (SSSR count). The van der Waals surface area contributed by atoms with Crippen LogP contribution in [0, 0.1) is 11.8 Å². The van der Waals surface area contributed by atoms with E-state index in [1.54, 1.807) is 22.7 Å². The van der Waals surface area contributed by atoms with E-state index in [9.17, 15) is 0 Å². The van der Waals surface area contributed by atoms with Gasteiger partial charge in [0.15, 0.2) is 0 Å². The Morgan fingerprint density at radius 1 is 0.714 bits per heavy atom. The predicted molar refractivity (Wildman–Crippen MR) is 123 cm³/mol. The second-order valence-electron chi connectivity index (χ2n) is 7.86.